The van der Waals surface area contributed by atoms with Gasteiger partial charge in [-0.25, -0.2) is 4.79 Å². The maximum Gasteiger partial charge on any atom is 0.326 e. The van der Waals surface area contributed by atoms with Gasteiger partial charge in [0.05, 0.1) is 6.10 Å². The van der Waals surface area contributed by atoms with Crippen LogP contribution >= 0.6 is 12.2 Å². The molecule has 5 nitrogen and oxygen atoms in total. The molecule has 19 heavy (non-hydrogen) atoms. The van der Waals surface area contributed by atoms with Crippen LogP contribution in [-0.2, 0) is 4.79 Å². The third-order valence-corrected chi connectivity index (χ3v) is 3.46. The van der Waals surface area contributed by atoms with E-state index in [9.17, 15) is 9.90 Å². The Bertz CT molecular complexity index is 489. The molecule has 0 radical (unpaired) electrons. The lowest BCUT2D eigenvalue weighted by Crippen LogP contribution is -2.42. The van der Waals surface area contributed by atoms with Gasteiger partial charge in [-0.3, -0.25) is 0 Å². The van der Waals surface area contributed by atoms with Gasteiger partial charge in [-0.05, 0) is 31.3 Å². The Morgan fingerprint density at radius 2 is 2.05 bits per heavy atom. The van der Waals surface area contributed by atoms with Crippen LogP contribution in [0.4, 0.5) is 5.69 Å². The van der Waals surface area contributed by atoms with Gasteiger partial charge in [-0.15, -0.1) is 0 Å². The van der Waals surface area contributed by atoms with E-state index in [0.717, 1.165) is 11.3 Å². The first kappa shape index (κ1) is 13.8. The highest BCUT2D eigenvalue weighted by molar-refractivity contribution is 7.80. The third kappa shape index (κ3) is 3.21. The summed E-state index contributed by atoms with van der Waals surface area (Å²) in [6, 6.07) is 6.88. The van der Waals surface area contributed by atoms with Crippen molar-refractivity contribution in [2.75, 3.05) is 11.9 Å². The molecule has 0 bridgehead atoms. The molecule has 0 spiro atoms. The Balaban J connectivity index is 2.06. The first-order valence-electron chi connectivity index (χ1n) is 6.02. The summed E-state index contributed by atoms with van der Waals surface area (Å²) in [5.74, 6) is -0.968. The molecule has 2 atom stereocenters. The number of β-amino-alcohol motifs (C(OH)–C–C–N with tert-alkyl or cyclic N) is 1. The number of nitrogens with one attached hydrogen (secondary N) is 1. The van der Waals surface area contributed by atoms with Crippen LogP contribution in [0.2, 0.25) is 0 Å². The Kier molecular flexibility index (Phi) is 4.01. The molecule has 6 heteroatoms. The van der Waals surface area contributed by atoms with E-state index in [2.05, 4.69) is 5.32 Å². The summed E-state index contributed by atoms with van der Waals surface area (Å²) in [6.07, 6.45) is -0.454. The maximum absolute atomic E-state index is 11.1. The molecule has 2 rings (SSSR count). The Labute approximate surface area is 116 Å². The highest BCUT2D eigenvalue weighted by Crippen LogP contribution is 2.20. The van der Waals surface area contributed by atoms with E-state index in [1.807, 2.05) is 31.2 Å². The van der Waals surface area contributed by atoms with Gasteiger partial charge < -0.3 is 20.4 Å². The average molecular weight is 280 g/mol. The van der Waals surface area contributed by atoms with E-state index in [-0.39, 0.29) is 13.0 Å². The predicted octanol–water partition coefficient (Wildman–Crippen LogP) is 1.21. The summed E-state index contributed by atoms with van der Waals surface area (Å²) < 4.78 is 0. The van der Waals surface area contributed by atoms with Crippen molar-refractivity contribution in [3.8, 4) is 0 Å². The van der Waals surface area contributed by atoms with Crippen molar-refractivity contribution in [3.05, 3.63) is 29.8 Å². The van der Waals surface area contributed by atoms with Crippen molar-refractivity contribution in [2.24, 2.45) is 0 Å². The number of anilines is 1. The van der Waals surface area contributed by atoms with Gasteiger partial charge in [-0.1, -0.05) is 17.7 Å². The Morgan fingerprint density at radius 1 is 1.42 bits per heavy atom. The zero-order valence-electron chi connectivity index (χ0n) is 10.5. The first-order chi connectivity index (χ1) is 8.97. The third-order valence-electron chi connectivity index (χ3n) is 3.13. The number of likely N-dealkylation sites (tertiary alicyclic amines) is 1. The number of nitrogens with zero attached hydrogens (tertiary/aromatic N) is 1. The summed E-state index contributed by atoms with van der Waals surface area (Å²) in [7, 11) is 0. The second kappa shape index (κ2) is 5.54. The lowest BCUT2D eigenvalue weighted by Gasteiger charge is -2.24. The quantitative estimate of drug-likeness (QED) is 0.707. The van der Waals surface area contributed by atoms with Crippen molar-refractivity contribution in [3.63, 3.8) is 0 Å². The molecule has 1 aromatic rings. The summed E-state index contributed by atoms with van der Waals surface area (Å²) in [4.78, 5) is 12.6. The topological polar surface area (TPSA) is 72.8 Å². The molecule has 1 aromatic carbocycles. The van der Waals surface area contributed by atoms with Crippen LogP contribution in [0.15, 0.2) is 24.3 Å². The molecular formula is C13H16N2O3S. The van der Waals surface area contributed by atoms with E-state index >= 15 is 0 Å². The van der Waals surface area contributed by atoms with Crippen LogP contribution in [0.25, 0.3) is 0 Å². The van der Waals surface area contributed by atoms with Gasteiger partial charge >= 0.3 is 5.97 Å². The predicted molar refractivity (Wildman–Crippen MR) is 76.2 cm³/mol. The largest absolute Gasteiger partial charge is 0.480 e. The van der Waals surface area contributed by atoms with Crippen LogP contribution < -0.4 is 5.32 Å². The number of hydrogen-bond acceptors (Lipinski definition) is 3. The number of benzene rings is 1. The standard InChI is InChI=1S/C13H16N2O3S/c1-8-2-4-9(5-3-8)14-13(19)15-7-10(16)6-11(15)12(17)18/h2-5,10-11,16H,6-7H2,1H3,(H,14,19)(H,17,18)/t10-,11?/m1/s1. The molecule has 0 aromatic heterocycles. The molecule has 102 valence electrons. The fraction of sp³-hybridized carbons (Fsp3) is 0.385. The van der Waals surface area contributed by atoms with E-state index in [0.29, 0.717) is 5.11 Å². The van der Waals surface area contributed by atoms with Crippen LogP contribution in [0, 0.1) is 6.92 Å². The van der Waals surface area contributed by atoms with E-state index in [1.165, 1.54) is 4.90 Å². The number of aryl methyl sites for hydroxylation is 1. The van der Waals surface area contributed by atoms with Crippen molar-refractivity contribution in [2.45, 2.75) is 25.5 Å². The van der Waals surface area contributed by atoms with E-state index in [1.54, 1.807) is 0 Å². The lowest BCUT2D eigenvalue weighted by molar-refractivity contribution is -0.140. The first-order valence-corrected chi connectivity index (χ1v) is 6.43. The molecular weight excluding hydrogens is 264 g/mol. The number of thiocarbonyl (C=S) groups is 1. The van der Waals surface area contributed by atoms with Gasteiger partial charge in [0, 0.05) is 18.7 Å². The monoisotopic (exact) mass is 280 g/mol. The van der Waals surface area contributed by atoms with Crippen LogP contribution in [-0.4, -0.2) is 44.9 Å². The van der Waals surface area contributed by atoms with Gasteiger partial charge in [-0.2, -0.15) is 0 Å². The average Bonchev–Trinajstić information content (AvgIpc) is 2.74. The zero-order valence-corrected chi connectivity index (χ0v) is 11.4. The molecule has 0 amide bonds. The number of aliphatic carboxylic acids is 1. The zero-order chi connectivity index (χ0) is 14.0. The Morgan fingerprint density at radius 3 is 2.63 bits per heavy atom. The Hall–Kier alpha value is -1.66. The number of carboxylic acids is 1. The SMILES string of the molecule is Cc1ccc(NC(=S)N2C[C@H](O)CC2C(=O)O)cc1. The molecule has 1 heterocycles. The highest BCUT2D eigenvalue weighted by atomic mass is 32.1. The summed E-state index contributed by atoms with van der Waals surface area (Å²) in [6.45, 7) is 2.23. The minimum Gasteiger partial charge on any atom is -0.480 e. The molecule has 1 aliphatic rings. The smallest absolute Gasteiger partial charge is 0.326 e. The summed E-state index contributed by atoms with van der Waals surface area (Å²) in [5, 5.41) is 22.0. The molecule has 1 saturated heterocycles. The highest BCUT2D eigenvalue weighted by Gasteiger charge is 2.37. The second-order valence-electron chi connectivity index (χ2n) is 4.69. The number of rotatable bonds is 2. The van der Waals surface area contributed by atoms with E-state index in [4.69, 9.17) is 17.3 Å². The van der Waals surface area contributed by atoms with Crippen LogP contribution in [0.3, 0.4) is 0 Å². The van der Waals surface area contributed by atoms with Gasteiger partial charge in [0.25, 0.3) is 0 Å². The maximum atomic E-state index is 11.1. The fourth-order valence-corrected chi connectivity index (χ4v) is 2.42. The number of carbonyl (C=O) groups is 1. The molecule has 0 aliphatic carbocycles. The number of aliphatic hydroxyl groups excluding tert-OH is 1. The van der Waals surface area contributed by atoms with Crippen molar-refractivity contribution in [1.29, 1.82) is 0 Å². The number of carboxylic acid groups (broad SMARTS) is 1. The number of hydrogen-bond donors (Lipinski definition) is 3. The minimum absolute atomic E-state index is 0.199. The van der Waals surface area contributed by atoms with Crippen molar-refractivity contribution in [1.82, 2.24) is 4.90 Å². The van der Waals surface area contributed by atoms with Crippen LogP contribution in [0.1, 0.15) is 12.0 Å². The van der Waals surface area contributed by atoms with Gasteiger partial charge in [0.2, 0.25) is 0 Å². The summed E-state index contributed by atoms with van der Waals surface area (Å²) >= 11 is 5.22. The lowest BCUT2D eigenvalue weighted by atomic mass is 10.2. The fourth-order valence-electron chi connectivity index (χ4n) is 2.10. The van der Waals surface area contributed by atoms with Crippen molar-refractivity contribution < 1.29 is 15.0 Å². The van der Waals surface area contributed by atoms with E-state index < -0.39 is 18.1 Å². The normalized spacial score (nSPS) is 22.3. The number of aliphatic hydroxyl groups is 1. The van der Waals surface area contributed by atoms with Gasteiger partial charge in [0.1, 0.15) is 6.04 Å². The molecule has 3 N–H and O–H groups in total. The van der Waals surface area contributed by atoms with Crippen molar-refractivity contribution >= 4 is 29.0 Å². The molecule has 1 unspecified atom stereocenters. The minimum atomic E-state index is -0.968. The summed E-state index contributed by atoms with van der Waals surface area (Å²) in [5.41, 5.74) is 1.94. The molecule has 1 aliphatic heterocycles. The molecule has 1 fully saturated rings. The van der Waals surface area contributed by atoms with Gasteiger partial charge in [0.15, 0.2) is 5.11 Å². The molecule has 0 saturated carbocycles. The second-order valence-corrected chi connectivity index (χ2v) is 5.08. The van der Waals surface area contributed by atoms with Crippen LogP contribution in [0.5, 0.6) is 0 Å².